The number of hydrogen-bond donors (Lipinski definition) is 1. The minimum absolute atomic E-state index is 0.149. The van der Waals surface area contributed by atoms with Crippen molar-refractivity contribution in [1.82, 2.24) is 14.8 Å². The van der Waals surface area contributed by atoms with Gasteiger partial charge in [-0.1, -0.05) is 32.0 Å². The van der Waals surface area contributed by atoms with Crippen LogP contribution in [0.2, 0.25) is 0 Å². The van der Waals surface area contributed by atoms with Crippen LogP contribution in [-0.4, -0.2) is 26.8 Å². The van der Waals surface area contributed by atoms with E-state index in [9.17, 15) is 4.79 Å². The average Bonchev–Trinajstić information content (AvgIpc) is 2.95. The fourth-order valence-electron chi connectivity index (χ4n) is 2.67. The Balaban J connectivity index is 1.87. The molecule has 6 heteroatoms. The highest BCUT2D eigenvalue weighted by molar-refractivity contribution is 6.07. The Morgan fingerprint density at radius 2 is 1.88 bits per heavy atom. The number of benzene rings is 1. The third-order valence-electron chi connectivity index (χ3n) is 4.13. The molecule has 0 spiro atoms. The first-order valence-corrected chi connectivity index (χ1v) is 8.49. The van der Waals surface area contributed by atoms with Gasteiger partial charge in [0.1, 0.15) is 0 Å². The molecule has 0 atom stereocenters. The number of amides is 1. The Kier molecular flexibility index (Phi) is 4.97. The second-order valence-corrected chi connectivity index (χ2v) is 5.87. The summed E-state index contributed by atoms with van der Waals surface area (Å²) in [6, 6.07) is 12.8. The number of carbonyl (C=O) groups excluding carboxylic acids is 1. The van der Waals surface area contributed by atoms with Crippen LogP contribution in [0.15, 0.2) is 42.5 Å². The highest BCUT2D eigenvalue weighted by Gasteiger charge is 2.15. The minimum atomic E-state index is -0.196. The Morgan fingerprint density at radius 1 is 1.16 bits per heavy atom. The van der Waals surface area contributed by atoms with Crippen LogP contribution in [0.25, 0.3) is 11.0 Å². The van der Waals surface area contributed by atoms with Crippen LogP contribution in [0.3, 0.4) is 0 Å². The highest BCUT2D eigenvalue weighted by Crippen LogP contribution is 2.24. The zero-order valence-corrected chi connectivity index (χ0v) is 14.7. The number of pyridine rings is 1. The minimum Gasteiger partial charge on any atom is -0.474 e. The first kappa shape index (κ1) is 17.0. The number of aromatic nitrogens is 3. The molecule has 1 N–H and O–H groups in total. The van der Waals surface area contributed by atoms with Crippen LogP contribution in [0.1, 0.15) is 37.0 Å². The topological polar surface area (TPSA) is 69.0 Å². The lowest BCUT2D eigenvalue weighted by atomic mass is 10.2. The molecule has 0 saturated heterocycles. The van der Waals surface area contributed by atoms with Crippen molar-refractivity contribution in [1.29, 1.82) is 0 Å². The monoisotopic (exact) mass is 338 g/mol. The lowest BCUT2D eigenvalue weighted by Gasteiger charge is -2.14. The summed E-state index contributed by atoms with van der Waals surface area (Å²) in [5.41, 5.74) is 1.26. The van der Waals surface area contributed by atoms with E-state index in [1.165, 1.54) is 0 Å². The van der Waals surface area contributed by atoms with Crippen molar-refractivity contribution in [2.75, 3.05) is 5.32 Å². The molecule has 0 fully saturated rings. The smallest absolute Gasteiger partial charge is 0.256 e. The number of fused-ring (bicyclic) bond motifs is 1. The van der Waals surface area contributed by atoms with Crippen molar-refractivity contribution in [2.24, 2.45) is 7.05 Å². The third-order valence-corrected chi connectivity index (χ3v) is 4.13. The normalized spacial score (nSPS) is 11.0. The summed E-state index contributed by atoms with van der Waals surface area (Å²) < 4.78 is 7.54. The van der Waals surface area contributed by atoms with Crippen LogP contribution < -0.4 is 10.1 Å². The molecule has 0 unspecified atom stereocenters. The average molecular weight is 338 g/mol. The van der Waals surface area contributed by atoms with Gasteiger partial charge in [-0.25, -0.2) is 4.68 Å². The number of carbonyl (C=O) groups is 1. The van der Waals surface area contributed by atoms with Gasteiger partial charge >= 0.3 is 0 Å². The summed E-state index contributed by atoms with van der Waals surface area (Å²) in [5.74, 6) is 0.871. The molecule has 2 heterocycles. The standard InChI is InChI=1S/C19H22N4O2/c1-4-14(5-2)25-16-12-11-15-17(22-23(3)18(15)20-16)21-19(24)13-9-7-6-8-10-13/h6-12,14H,4-5H2,1-3H3,(H,21,22,24). The molecule has 3 aromatic rings. The lowest BCUT2D eigenvalue weighted by molar-refractivity contribution is 0.102. The van der Waals surface area contributed by atoms with Crippen molar-refractivity contribution in [3.63, 3.8) is 0 Å². The molecule has 3 rings (SSSR count). The molecule has 6 nitrogen and oxygen atoms in total. The molecule has 0 radical (unpaired) electrons. The van der Waals surface area contributed by atoms with Gasteiger partial charge < -0.3 is 10.1 Å². The molecular weight excluding hydrogens is 316 g/mol. The number of rotatable bonds is 6. The summed E-state index contributed by atoms with van der Waals surface area (Å²) in [7, 11) is 1.80. The summed E-state index contributed by atoms with van der Waals surface area (Å²) in [5, 5.41) is 8.02. The molecular formula is C19H22N4O2. The maximum absolute atomic E-state index is 12.4. The Labute approximate surface area is 146 Å². The molecule has 0 saturated carbocycles. The van der Waals surface area contributed by atoms with Crippen LogP contribution in [0, 0.1) is 0 Å². The van der Waals surface area contributed by atoms with Gasteiger partial charge in [0.2, 0.25) is 5.88 Å². The van der Waals surface area contributed by atoms with Crippen LogP contribution >= 0.6 is 0 Å². The molecule has 130 valence electrons. The Morgan fingerprint density at radius 3 is 2.56 bits per heavy atom. The van der Waals surface area contributed by atoms with Gasteiger partial charge in [0, 0.05) is 18.7 Å². The van der Waals surface area contributed by atoms with Gasteiger partial charge in [0.25, 0.3) is 5.91 Å². The molecule has 0 bridgehead atoms. The number of aryl methyl sites for hydroxylation is 1. The molecule has 25 heavy (non-hydrogen) atoms. The largest absolute Gasteiger partial charge is 0.474 e. The zero-order valence-electron chi connectivity index (χ0n) is 14.7. The van der Waals surface area contributed by atoms with E-state index < -0.39 is 0 Å². The van der Waals surface area contributed by atoms with E-state index >= 15 is 0 Å². The fraction of sp³-hybridized carbons (Fsp3) is 0.316. The van der Waals surface area contributed by atoms with Gasteiger partial charge in [-0.3, -0.25) is 4.79 Å². The van der Waals surface area contributed by atoms with E-state index in [1.54, 1.807) is 23.9 Å². The maximum atomic E-state index is 12.4. The second-order valence-electron chi connectivity index (χ2n) is 5.87. The van der Waals surface area contributed by atoms with E-state index in [0.717, 1.165) is 18.2 Å². The van der Waals surface area contributed by atoms with Crippen molar-refractivity contribution < 1.29 is 9.53 Å². The molecule has 2 aromatic heterocycles. The predicted molar refractivity (Wildman–Crippen MR) is 97.9 cm³/mol. The van der Waals surface area contributed by atoms with E-state index in [2.05, 4.69) is 29.2 Å². The van der Waals surface area contributed by atoms with Gasteiger partial charge in [0.15, 0.2) is 11.5 Å². The fourth-order valence-corrected chi connectivity index (χ4v) is 2.67. The van der Waals surface area contributed by atoms with Gasteiger partial charge in [0.05, 0.1) is 11.5 Å². The van der Waals surface area contributed by atoms with Crippen LogP contribution in [0.4, 0.5) is 5.82 Å². The quantitative estimate of drug-likeness (QED) is 0.742. The van der Waals surface area contributed by atoms with Crippen molar-refractivity contribution >= 4 is 22.8 Å². The predicted octanol–water partition coefficient (Wildman–Crippen LogP) is 3.79. The number of nitrogens with one attached hydrogen (secondary N) is 1. The number of nitrogens with zero attached hydrogens (tertiary/aromatic N) is 3. The van der Waals surface area contributed by atoms with Crippen molar-refractivity contribution in [3.05, 3.63) is 48.0 Å². The van der Waals surface area contributed by atoms with Gasteiger partial charge in [-0.05, 0) is 31.0 Å². The number of anilines is 1. The molecule has 1 amide bonds. The summed E-state index contributed by atoms with van der Waals surface area (Å²) in [6.07, 6.45) is 2.01. The summed E-state index contributed by atoms with van der Waals surface area (Å²) >= 11 is 0. The van der Waals surface area contributed by atoms with E-state index in [4.69, 9.17) is 4.74 Å². The van der Waals surface area contributed by atoms with Crippen molar-refractivity contribution in [3.8, 4) is 5.88 Å². The van der Waals surface area contributed by atoms with Crippen LogP contribution in [0.5, 0.6) is 5.88 Å². The summed E-state index contributed by atoms with van der Waals surface area (Å²) in [4.78, 5) is 16.9. The van der Waals surface area contributed by atoms with Crippen molar-refractivity contribution in [2.45, 2.75) is 32.8 Å². The summed E-state index contributed by atoms with van der Waals surface area (Å²) in [6.45, 7) is 4.18. The molecule has 0 aliphatic carbocycles. The SMILES string of the molecule is CCC(CC)Oc1ccc2c(NC(=O)c3ccccc3)nn(C)c2n1. The molecule has 0 aliphatic rings. The molecule has 1 aromatic carbocycles. The zero-order chi connectivity index (χ0) is 17.8. The third kappa shape index (κ3) is 3.63. The highest BCUT2D eigenvalue weighted by atomic mass is 16.5. The number of ether oxygens (including phenoxy) is 1. The Bertz CT molecular complexity index is 870. The van der Waals surface area contributed by atoms with Gasteiger partial charge in [-0.2, -0.15) is 10.1 Å². The van der Waals surface area contributed by atoms with Gasteiger partial charge in [-0.15, -0.1) is 0 Å². The second kappa shape index (κ2) is 7.34. The first-order chi connectivity index (χ1) is 12.1. The Hall–Kier alpha value is -2.89. The first-order valence-electron chi connectivity index (χ1n) is 8.49. The van der Waals surface area contributed by atoms with E-state index in [1.807, 2.05) is 30.3 Å². The van der Waals surface area contributed by atoms with E-state index in [-0.39, 0.29) is 12.0 Å². The van der Waals surface area contributed by atoms with E-state index in [0.29, 0.717) is 22.9 Å². The number of hydrogen-bond acceptors (Lipinski definition) is 4. The van der Waals surface area contributed by atoms with Crippen LogP contribution in [-0.2, 0) is 7.05 Å². The lowest BCUT2D eigenvalue weighted by Crippen LogP contribution is -2.14. The molecule has 0 aliphatic heterocycles. The maximum Gasteiger partial charge on any atom is 0.256 e.